The summed E-state index contributed by atoms with van der Waals surface area (Å²) in [5.74, 6) is 1.65. The van der Waals surface area contributed by atoms with Crippen LogP contribution in [0.3, 0.4) is 0 Å². The van der Waals surface area contributed by atoms with Crippen LogP contribution in [0.2, 0.25) is 0 Å². The van der Waals surface area contributed by atoms with Crippen molar-refractivity contribution in [3.05, 3.63) is 0 Å². The fourth-order valence-electron chi connectivity index (χ4n) is 1.96. The molecule has 0 rings (SSSR count). The molecule has 0 spiro atoms. The zero-order valence-corrected chi connectivity index (χ0v) is 10.5. The van der Waals surface area contributed by atoms with Gasteiger partial charge in [-0.25, -0.2) is 0 Å². The number of hydrogen-bond acceptors (Lipinski definition) is 0. The molecule has 0 N–H and O–H groups in total. The molecule has 0 bridgehead atoms. The van der Waals surface area contributed by atoms with Crippen molar-refractivity contribution in [1.29, 1.82) is 0 Å². The molecular formula is C13H28. The lowest BCUT2D eigenvalue weighted by atomic mass is 9.71. The summed E-state index contributed by atoms with van der Waals surface area (Å²) in [5, 5.41) is 0. The van der Waals surface area contributed by atoms with E-state index < -0.39 is 0 Å². The first-order valence-electron chi connectivity index (χ1n) is 5.91. The number of unbranched alkanes of at least 4 members (excludes halogenated alkanes) is 2. The van der Waals surface area contributed by atoms with Gasteiger partial charge in [0, 0.05) is 0 Å². The number of hydrogen-bond donors (Lipinski definition) is 0. The molecule has 0 saturated carbocycles. The Morgan fingerprint density at radius 1 is 1.00 bits per heavy atom. The quantitative estimate of drug-likeness (QED) is 0.516. The molecule has 1 atom stereocenters. The van der Waals surface area contributed by atoms with Crippen LogP contribution >= 0.6 is 0 Å². The highest BCUT2D eigenvalue weighted by Crippen LogP contribution is 2.36. The topological polar surface area (TPSA) is 0 Å². The van der Waals surface area contributed by atoms with Crippen molar-refractivity contribution in [1.82, 2.24) is 0 Å². The standard InChI is InChI=1S/C13H28/c1-7-8-9-10-13(5,6)12(4)11(2)3/h11-12H,7-10H2,1-6H3. The minimum Gasteiger partial charge on any atom is -0.0654 e. The fraction of sp³-hybridized carbons (Fsp3) is 1.00. The minimum absolute atomic E-state index is 0.531. The molecule has 0 saturated heterocycles. The molecular weight excluding hydrogens is 156 g/mol. The highest BCUT2D eigenvalue weighted by Gasteiger charge is 2.27. The molecule has 0 heterocycles. The second kappa shape index (κ2) is 5.67. The van der Waals surface area contributed by atoms with E-state index >= 15 is 0 Å². The molecule has 1 unspecified atom stereocenters. The van der Waals surface area contributed by atoms with Crippen LogP contribution < -0.4 is 0 Å². The first-order chi connectivity index (χ1) is 5.91. The third-order valence-electron chi connectivity index (χ3n) is 3.66. The summed E-state index contributed by atoms with van der Waals surface area (Å²) in [5.41, 5.74) is 0.531. The van der Waals surface area contributed by atoms with Gasteiger partial charge in [0.1, 0.15) is 0 Å². The van der Waals surface area contributed by atoms with Crippen molar-refractivity contribution < 1.29 is 0 Å². The van der Waals surface area contributed by atoms with Gasteiger partial charge in [-0.05, 0) is 23.7 Å². The Morgan fingerprint density at radius 2 is 1.54 bits per heavy atom. The first-order valence-corrected chi connectivity index (χ1v) is 5.91. The van der Waals surface area contributed by atoms with Gasteiger partial charge in [-0.2, -0.15) is 0 Å². The van der Waals surface area contributed by atoms with Gasteiger partial charge in [-0.15, -0.1) is 0 Å². The average molecular weight is 184 g/mol. The Bertz CT molecular complexity index is 122. The summed E-state index contributed by atoms with van der Waals surface area (Å²) in [6, 6.07) is 0. The Labute approximate surface area is 85.1 Å². The van der Waals surface area contributed by atoms with E-state index in [4.69, 9.17) is 0 Å². The third-order valence-corrected chi connectivity index (χ3v) is 3.66. The van der Waals surface area contributed by atoms with Crippen molar-refractivity contribution in [3.63, 3.8) is 0 Å². The largest absolute Gasteiger partial charge is 0.0654 e. The van der Waals surface area contributed by atoms with Crippen LogP contribution in [0.5, 0.6) is 0 Å². The maximum absolute atomic E-state index is 2.42. The van der Waals surface area contributed by atoms with E-state index in [9.17, 15) is 0 Å². The first kappa shape index (κ1) is 13.0. The summed E-state index contributed by atoms with van der Waals surface area (Å²) in [6.45, 7) is 14.2. The van der Waals surface area contributed by atoms with Crippen LogP contribution in [-0.4, -0.2) is 0 Å². The van der Waals surface area contributed by atoms with Gasteiger partial charge in [0.05, 0.1) is 0 Å². The van der Waals surface area contributed by atoms with Gasteiger partial charge in [0.2, 0.25) is 0 Å². The molecule has 80 valence electrons. The van der Waals surface area contributed by atoms with Crippen LogP contribution in [0.15, 0.2) is 0 Å². The maximum atomic E-state index is 2.42. The maximum Gasteiger partial charge on any atom is -0.0326 e. The summed E-state index contributed by atoms with van der Waals surface area (Å²) in [7, 11) is 0. The molecule has 0 fully saturated rings. The van der Waals surface area contributed by atoms with Crippen LogP contribution in [0.4, 0.5) is 0 Å². The summed E-state index contributed by atoms with van der Waals surface area (Å²) in [4.78, 5) is 0. The molecule has 0 radical (unpaired) electrons. The molecule has 0 aromatic carbocycles. The van der Waals surface area contributed by atoms with E-state index in [1.54, 1.807) is 0 Å². The highest BCUT2D eigenvalue weighted by molar-refractivity contribution is 4.77. The molecule has 0 amide bonds. The molecule has 0 aliphatic heterocycles. The predicted octanol–water partition coefficient (Wildman–Crippen LogP) is 4.89. The van der Waals surface area contributed by atoms with Crippen LogP contribution in [-0.2, 0) is 0 Å². The van der Waals surface area contributed by atoms with Gasteiger partial charge < -0.3 is 0 Å². The predicted molar refractivity (Wildman–Crippen MR) is 61.9 cm³/mol. The molecule has 0 aromatic heterocycles. The monoisotopic (exact) mass is 184 g/mol. The van der Waals surface area contributed by atoms with Crippen molar-refractivity contribution >= 4 is 0 Å². The Kier molecular flexibility index (Phi) is 5.67. The van der Waals surface area contributed by atoms with Gasteiger partial charge in [0.15, 0.2) is 0 Å². The lowest BCUT2D eigenvalue weighted by Gasteiger charge is -2.34. The smallest absolute Gasteiger partial charge is 0.0326 e. The van der Waals surface area contributed by atoms with Crippen LogP contribution in [0, 0.1) is 17.3 Å². The van der Waals surface area contributed by atoms with E-state index in [0.717, 1.165) is 11.8 Å². The van der Waals surface area contributed by atoms with E-state index in [0.29, 0.717) is 5.41 Å². The van der Waals surface area contributed by atoms with Crippen molar-refractivity contribution in [2.75, 3.05) is 0 Å². The number of rotatable bonds is 6. The van der Waals surface area contributed by atoms with Gasteiger partial charge in [-0.3, -0.25) is 0 Å². The Hall–Kier alpha value is 0. The molecule has 0 nitrogen and oxygen atoms in total. The zero-order chi connectivity index (χ0) is 10.5. The lowest BCUT2D eigenvalue weighted by molar-refractivity contribution is 0.156. The molecule has 0 aliphatic rings. The van der Waals surface area contributed by atoms with Crippen LogP contribution in [0.25, 0.3) is 0 Å². The Morgan fingerprint density at radius 3 is 1.92 bits per heavy atom. The second-order valence-electron chi connectivity index (χ2n) is 5.48. The SMILES string of the molecule is CCCCCC(C)(C)C(C)C(C)C. The fourth-order valence-corrected chi connectivity index (χ4v) is 1.96. The van der Waals surface area contributed by atoms with Gasteiger partial charge >= 0.3 is 0 Å². The lowest BCUT2D eigenvalue weighted by Crippen LogP contribution is -2.25. The molecule has 0 aromatic rings. The second-order valence-corrected chi connectivity index (χ2v) is 5.48. The Balaban J connectivity index is 3.91. The van der Waals surface area contributed by atoms with E-state index in [1.807, 2.05) is 0 Å². The van der Waals surface area contributed by atoms with Crippen molar-refractivity contribution in [3.8, 4) is 0 Å². The molecule has 13 heavy (non-hydrogen) atoms. The van der Waals surface area contributed by atoms with Crippen molar-refractivity contribution in [2.24, 2.45) is 17.3 Å². The molecule has 0 aliphatic carbocycles. The van der Waals surface area contributed by atoms with Crippen LogP contribution in [0.1, 0.15) is 67.2 Å². The zero-order valence-electron chi connectivity index (χ0n) is 10.5. The summed E-state index contributed by atoms with van der Waals surface area (Å²) >= 11 is 0. The highest BCUT2D eigenvalue weighted by atomic mass is 14.3. The molecule has 0 heteroatoms. The van der Waals surface area contributed by atoms with Gasteiger partial charge in [0.25, 0.3) is 0 Å². The van der Waals surface area contributed by atoms with Crippen molar-refractivity contribution in [2.45, 2.75) is 67.2 Å². The van der Waals surface area contributed by atoms with E-state index in [2.05, 4.69) is 41.5 Å². The normalized spacial score (nSPS) is 15.0. The van der Waals surface area contributed by atoms with E-state index in [-0.39, 0.29) is 0 Å². The van der Waals surface area contributed by atoms with Gasteiger partial charge in [-0.1, -0.05) is 60.8 Å². The van der Waals surface area contributed by atoms with E-state index in [1.165, 1.54) is 25.7 Å². The summed E-state index contributed by atoms with van der Waals surface area (Å²) < 4.78 is 0. The summed E-state index contributed by atoms with van der Waals surface area (Å²) in [6.07, 6.45) is 5.53. The average Bonchev–Trinajstić information content (AvgIpc) is 2.03. The third kappa shape index (κ3) is 4.69. The minimum atomic E-state index is 0.531.